The van der Waals surface area contributed by atoms with Crippen molar-refractivity contribution in [2.45, 2.75) is 188 Å². The van der Waals surface area contributed by atoms with Gasteiger partial charge in [-0.05, 0) is 146 Å². The second-order valence-corrected chi connectivity index (χ2v) is 24.2. The second kappa shape index (κ2) is 49.4. The Morgan fingerprint density at radius 1 is 0.462 bits per heavy atom. The van der Waals surface area contributed by atoms with Gasteiger partial charge in [-0.2, -0.15) is 4.99 Å². The molecule has 0 aliphatic carbocycles. The maximum Gasteiger partial charge on any atom is 0.412 e. The normalized spacial score (nSPS) is 13.5. The highest BCUT2D eigenvalue weighted by atomic mass is 16.6. The molecule has 2 aliphatic rings. The van der Waals surface area contributed by atoms with Gasteiger partial charge < -0.3 is 70.1 Å². The summed E-state index contributed by atoms with van der Waals surface area (Å²) in [4.78, 5) is 78.2. The van der Waals surface area contributed by atoms with Crippen molar-refractivity contribution in [2.75, 3.05) is 81.9 Å². The zero-order valence-electron chi connectivity index (χ0n) is 55.2. The lowest BCUT2D eigenvalue weighted by molar-refractivity contribution is -0.128. The molecular formula is C80H122N6O18. The monoisotopic (exact) mass is 1450 g/mol. The Kier molecular flexibility index (Phi) is 47.0. The van der Waals surface area contributed by atoms with Crippen LogP contribution in [-0.4, -0.2) is 172 Å². The van der Waals surface area contributed by atoms with Crippen LogP contribution in [0, 0.1) is 13.8 Å². The standard InChI is InChI=1S/C36H45N3O9.C21H28O6.C15H17N3O3.8CH4/c1-24-8-13-27(37-34(44)39-18-6-4-5-7-33(39)43)19-32(24)38-35(45)48-31(21-41)23-47-30-16-11-26(12-17-30)36(2,3)25-9-14-29(15-10-25)46-22-28(42)20-40;1-21(2,15-3-7-19(8-4-15)26-13-17(24)11-22)16-5-9-20(10-6-16)27-14-18(25)12-23;1-11-6-7-12(9-13(11)16-10-19)17-15(21)18-8-4-2-3-5-14(18)20;;;;;;;;/h8-17,19,28,31,40-42H,4-7,18,20-23H2,1-3H3,(H,37,44)(H,38,45);3-10,17-18,22-25H,11-14H2,1-2H3;6-7,9H,2-5,8H2,1H3,(H,17,21);8*1H4. The lowest BCUT2D eigenvalue weighted by atomic mass is 9.78. The number of hydrogen-bond donors (Lipinski definition) is 10. The van der Waals surface area contributed by atoms with Gasteiger partial charge in [-0.3, -0.25) is 24.7 Å². The van der Waals surface area contributed by atoms with Crippen molar-refractivity contribution in [1.82, 2.24) is 9.80 Å². The van der Waals surface area contributed by atoms with Gasteiger partial charge in [0.1, 0.15) is 67.7 Å². The number of carbonyl (C=O) groups excluding carboxylic acids is 6. The first-order valence-electron chi connectivity index (χ1n) is 31.9. The summed E-state index contributed by atoms with van der Waals surface area (Å²) in [5.41, 5.74) is 6.96. The number of hydrogen-bond acceptors (Lipinski definition) is 19. The topological polar surface area (TPSA) is 345 Å². The van der Waals surface area contributed by atoms with E-state index in [0.29, 0.717) is 71.7 Å². The molecule has 2 heterocycles. The molecule has 2 aliphatic heterocycles. The van der Waals surface area contributed by atoms with Crippen LogP contribution in [-0.2, 0) is 30.0 Å². The van der Waals surface area contributed by atoms with E-state index in [0.717, 1.165) is 71.9 Å². The van der Waals surface area contributed by atoms with E-state index in [-0.39, 0.29) is 128 Å². The largest absolute Gasteiger partial charge is 0.491 e. The first-order valence-corrected chi connectivity index (χ1v) is 31.9. The van der Waals surface area contributed by atoms with Crippen LogP contribution in [0.4, 0.5) is 37.1 Å². The van der Waals surface area contributed by atoms with Gasteiger partial charge in [-0.1, -0.05) is 161 Å². The molecule has 24 nitrogen and oxygen atoms in total. The Morgan fingerprint density at radius 2 is 0.798 bits per heavy atom. The molecule has 0 saturated carbocycles. The van der Waals surface area contributed by atoms with Crippen LogP contribution in [0.25, 0.3) is 0 Å². The Labute approximate surface area is 618 Å². The number of aryl methyl sites for hydroxylation is 2. The molecule has 580 valence electrons. The molecule has 6 aromatic rings. The number of aliphatic hydroxyl groups is 7. The van der Waals surface area contributed by atoms with E-state index in [4.69, 9.17) is 39.0 Å². The van der Waals surface area contributed by atoms with Gasteiger partial charge >= 0.3 is 18.2 Å². The van der Waals surface area contributed by atoms with E-state index in [2.05, 4.69) is 48.6 Å². The number of aliphatic hydroxyl groups excluding tert-OH is 7. The van der Waals surface area contributed by atoms with Crippen LogP contribution in [0.2, 0.25) is 0 Å². The van der Waals surface area contributed by atoms with Crippen LogP contribution in [0.5, 0.6) is 23.0 Å². The molecule has 2 saturated heterocycles. The van der Waals surface area contributed by atoms with Crippen LogP contribution in [0.15, 0.2) is 138 Å². The number of aliphatic imine (C=N–C) groups is 1. The third-order valence-electron chi connectivity index (χ3n) is 16.2. The predicted octanol–water partition coefficient (Wildman–Crippen LogP) is 14.4. The van der Waals surface area contributed by atoms with Gasteiger partial charge in [0.15, 0.2) is 6.10 Å². The number of isocyanates is 1. The SMILES string of the molecule is C.C.C.C.C.C.C.C.CC(C)(c1ccc(OCC(O)CO)cc1)c1ccc(OCC(O)CO)cc1.Cc1ccc(NC(=O)N2CCCCCC2=O)cc1N=C=O.Cc1ccc(NC(=O)N2CCCCCC2=O)cc1NC(=O)OC(CO)COc1ccc(C(C)(C)c2ccc(OCC(O)CO)cc2)cc1. The Bertz CT molecular complexity index is 3450. The molecule has 0 aromatic heterocycles. The number of urea groups is 2. The van der Waals surface area contributed by atoms with Crippen LogP contribution < -0.4 is 34.9 Å². The third-order valence-corrected chi connectivity index (χ3v) is 16.2. The van der Waals surface area contributed by atoms with Crippen LogP contribution >= 0.6 is 0 Å². The fourth-order valence-electron chi connectivity index (χ4n) is 10.0. The maximum absolute atomic E-state index is 12.7. The zero-order chi connectivity index (χ0) is 69.8. The number of amides is 7. The van der Waals surface area contributed by atoms with Crippen molar-refractivity contribution in [3.05, 3.63) is 167 Å². The minimum atomic E-state index is -0.947. The fraction of sp³-hybridized carbons (Fsp3) is 0.475. The Morgan fingerprint density at radius 3 is 1.13 bits per heavy atom. The first-order chi connectivity index (χ1) is 46.0. The van der Waals surface area contributed by atoms with Crippen molar-refractivity contribution < 1.29 is 88.2 Å². The number of nitrogens with zero attached hydrogens (tertiary/aromatic N) is 3. The lowest BCUT2D eigenvalue weighted by Crippen LogP contribution is -2.39. The molecule has 7 amide bonds. The molecule has 4 atom stereocenters. The summed E-state index contributed by atoms with van der Waals surface area (Å²) in [5, 5.41) is 72.7. The number of rotatable bonds is 25. The number of anilines is 3. The maximum atomic E-state index is 12.7. The fourth-order valence-corrected chi connectivity index (χ4v) is 10.0. The van der Waals surface area contributed by atoms with Crippen molar-refractivity contribution in [3.63, 3.8) is 0 Å². The average Bonchev–Trinajstić information content (AvgIpc) is 0.894. The highest BCUT2D eigenvalue weighted by Gasteiger charge is 2.28. The number of imide groups is 2. The lowest BCUT2D eigenvalue weighted by Gasteiger charge is -2.26. The minimum absolute atomic E-state index is 0. The molecule has 8 rings (SSSR count). The van der Waals surface area contributed by atoms with E-state index in [1.165, 1.54) is 15.9 Å². The highest BCUT2D eigenvalue weighted by molar-refractivity contribution is 6.02. The van der Waals surface area contributed by atoms with Gasteiger partial charge in [-0.25, -0.2) is 19.2 Å². The summed E-state index contributed by atoms with van der Waals surface area (Å²) in [7, 11) is 0. The zero-order valence-corrected chi connectivity index (χ0v) is 55.2. The van der Waals surface area contributed by atoms with Gasteiger partial charge in [0.05, 0.1) is 32.1 Å². The summed E-state index contributed by atoms with van der Waals surface area (Å²) < 4.78 is 27.6. The molecule has 4 unspecified atom stereocenters. The van der Waals surface area contributed by atoms with E-state index >= 15 is 0 Å². The Balaban J connectivity index is -0.00000155. The quantitative estimate of drug-likeness (QED) is 0.0188. The molecule has 24 heteroatoms. The van der Waals surface area contributed by atoms with E-state index < -0.39 is 49.2 Å². The van der Waals surface area contributed by atoms with Gasteiger partial charge in [0.2, 0.25) is 17.9 Å². The van der Waals surface area contributed by atoms with Crippen molar-refractivity contribution in [2.24, 2.45) is 4.99 Å². The van der Waals surface area contributed by atoms with Crippen molar-refractivity contribution in [3.8, 4) is 23.0 Å². The first kappa shape index (κ1) is 98.9. The van der Waals surface area contributed by atoms with Crippen LogP contribution in [0.1, 0.15) is 172 Å². The number of carbonyl (C=O) groups is 5. The summed E-state index contributed by atoms with van der Waals surface area (Å²) in [6.07, 6.45) is 2.80. The minimum Gasteiger partial charge on any atom is -0.491 e. The highest BCUT2D eigenvalue weighted by Crippen LogP contribution is 2.36. The smallest absolute Gasteiger partial charge is 0.412 e. The predicted molar refractivity (Wildman–Crippen MR) is 415 cm³/mol. The molecule has 10 N–H and O–H groups in total. The molecule has 104 heavy (non-hydrogen) atoms. The molecule has 0 spiro atoms. The van der Waals surface area contributed by atoms with Gasteiger partial charge in [0, 0.05) is 53.8 Å². The number of benzene rings is 6. The van der Waals surface area contributed by atoms with Gasteiger partial charge in [-0.15, -0.1) is 0 Å². The number of nitrogens with one attached hydrogen (secondary N) is 3. The summed E-state index contributed by atoms with van der Waals surface area (Å²) in [5.74, 6) is 2.03. The van der Waals surface area contributed by atoms with Crippen molar-refractivity contribution in [1.29, 1.82) is 0 Å². The molecular weight excluding hydrogens is 1330 g/mol. The average molecular weight is 1460 g/mol. The van der Waals surface area contributed by atoms with Crippen molar-refractivity contribution >= 4 is 58.8 Å². The molecule has 0 radical (unpaired) electrons. The van der Waals surface area contributed by atoms with E-state index in [9.17, 15) is 49.2 Å². The van der Waals surface area contributed by atoms with Crippen LogP contribution in [0.3, 0.4) is 0 Å². The summed E-state index contributed by atoms with van der Waals surface area (Å²) in [6, 6.07) is 39.4. The number of likely N-dealkylation sites (tertiary alicyclic amines) is 2. The molecule has 0 bridgehead atoms. The molecule has 2 fully saturated rings. The van der Waals surface area contributed by atoms with Gasteiger partial charge in [0.25, 0.3) is 0 Å². The number of ether oxygens (including phenoxy) is 5. The third kappa shape index (κ3) is 30.6. The summed E-state index contributed by atoms with van der Waals surface area (Å²) in [6.45, 7) is 11.3. The summed E-state index contributed by atoms with van der Waals surface area (Å²) >= 11 is 0. The Hall–Kier alpha value is -9.23. The van der Waals surface area contributed by atoms with E-state index in [1.54, 1.807) is 50.2 Å². The molecule has 6 aromatic carbocycles. The second-order valence-electron chi connectivity index (χ2n) is 24.2. The van der Waals surface area contributed by atoms with E-state index in [1.807, 2.05) is 97.1 Å².